The molecule has 1 heterocycles. The average molecular weight is 384 g/mol. The van der Waals surface area contributed by atoms with Crippen LogP contribution in [0.5, 0.6) is 0 Å². The van der Waals surface area contributed by atoms with Crippen molar-refractivity contribution in [1.82, 2.24) is 13.5 Å². The molecule has 1 fully saturated rings. The number of hydrogen-bond acceptors (Lipinski definition) is 4. The van der Waals surface area contributed by atoms with Crippen molar-refractivity contribution in [3.05, 3.63) is 35.9 Å². The van der Waals surface area contributed by atoms with E-state index in [1.54, 1.807) is 0 Å². The molecule has 1 aliphatic heterocycles. The van der Waals surface area contributed by atoms with Crippen molar-refractivity contribution in [2.75, 3.05) is 39.8 Å². The fraction of sp³-hybridized carbons (Fsp3) is 0.684. The van der Waals surface area contributed by atoms with Crippen LogP contribution in [0.3, 0.4) is 0 Å². The maximum Gasteiger partial charge on any atom is 0.284 e. The molecule has 0 radical (unpaired) electrons. The summed E-state index contributed by atoms with van der Waals surface area (Å²) in [6.07, 6.45) is 0.617. The first-order chi connectivity index (χ1) is 12.2. The van der Waals surface area contributed by atoms with Gasteiger partial charge in [-0.15, -0.1) is 0 Å². The van der Waals surface area contributed by atoms with Gasteiger partial charge in [-0.05, 0) is 24.9 Å². The molecule has 0 bridgehead atoms. The van der Waals surface area contributed by atoms with Crippen LogP contribution in [0.25, 0.3) is 0 Å². The summed E-state index contributed by atoms with van der Waals surface area (Å²) in [5, 5.41) is 11.4. The van der Waals surface area contributed by atoms with E-state index in [1.807, 2.05) is 58.2 Å². The lowest BCUT2D eigenvalue weighted by Gasteiger charge is -2.43. The molecule has 0 saturated carbocycles. The predicted molar refractivity (Wildman–Crippen MR) is 105 cm³/mol. The lowest BCUT2D eigenvalue weighted by atomic mass is 9.99. The van der Waals surface area contributed by atoms with Crippen LogP contribution in [0.4, 0.5) is 0 Å². The highest BCUT2D eigenvalue weighted by atomic mass is 32.2. The second-order valence-corrected chi connectivity index (χ2v) is 9.49. The Kier molecular flexibility index (Phi) is 7.21. The second kappa shape index (κ2) is 8.80. The van der Waals surface area contributed by atoms with Crippen LogP contribution in [0.2, 0.25) is 0 Å². The highest BCUT2D eigenvalue weighted by molar-refractivity contribution is 7.86. The summed E-state index contributed by atoms with van der Waals surface area (Å²) in [6, 6.07) is 9.59. The standard InChI is InChI=1S/C19H33N3O3S/c1-5-19(23,15-18-9-7-6-8-10-18)22(16-17(2)3)26(24,25)21-13-11-20(4)12-14-21/h6-10,17,23H,5,11-16H2,1-4H3. The maximum atomic E-state index is 13.4. The Bertz CT molecular complexity index is 658. The number of likely N-dealkylation sites (N-methyl/N-ethyl adjacent to an activating group) is 1. The van der Waals surface area contributed by atoms with Gasteiger partial charge < -0.3 is 10.0 Å². The maximum absolute atomic E-state index is 13.4. The van der Waals surface area contributed by atoms with Crippen LogP contribution in [0, 0.1) is 5.92 Å². The molecule has 0 aliphatic carbocycles. The number of rotatable bonds is 8. The smallest absolute Gasteiger partial charge is 0.284 e. The van der Waals surface area contributed by atoms with Crippen LogP contribution in [0.15, 0.2) is 30.3 Å². The van der Waals surface area contributed by atoms with E-state index in [9.17, 15) is 13.5 Å². The van der Waals surface area contributed by atoms with Crippen LogP contribution in [-0.4, -0.2) is 72.5 Å². The van der Waals surface area contributed by atoms with E-state index < -0.39 is 15.9 Å². The summed E-state index contributed by atoms with van der Waals surface area (Å²) in [7, 11) is -1.75. The van der Waals surface area contributed by atoms with Gasteiger partial charge >= 0.3 is 0 Å². The first-order valence-corrected chi connectivity index (χ1v) is 10.8. The molecular weight excluding hydrogens is 350 g/mol. The van der Waals surface area contributed by atoms with Crippen LogP contribution in [0.1, 0.15) is 32.8 Å². The first-order valence-electron chi connectivity index (χ1n) is 9.42. The Morgan fingerprint density at radius 2 is 1.73 bits per heavy atom. The highest BCUT2D eigenvalue weighted by Crippen LogP contribution is 2.28. The van der Waals surface area contributed by atoms with E-state index in [4.69, 9.17) is 0 Å². The third-order valence-corrected chi connectivity index (χ3v) is 7.02. The number of nitrogens with zero attached hydrogens (tertiary/aromatic N) is 3. The summed E-state index contributed by atoms with van der Waals surface area (Å²) in [5.74, 6) is 0.117. The van der Waals surface area contributed by atoms with E-state index >= 15 is 0 Å². The molecule has 7 heteroatoms. The zero-order valence-corrected chi connectivity index (χ0v) is 17.2. The molecule has 26 heavy (non-hydrogen) atoms. The molecule has 1 aromatic rings. The van der Waals surface area contributed by atoms with Gasteiger partial charge in [0.2, 0.25) is 0 Å². The molecular formula is C19H33N3O3S. The number of piperazine rings is 1. The van der Waals surface area contributed by atoms with Gasteiger partial charge in [-0.3, -0.25) is 0 Å². The third kappa shape index (κ3) is 5.04. The first kappa shape index (κ1) is 21.3. The van der Waals surface area contributed by atoms with Crippen molar-refractivity contribution in [1.29, 1.82) is 0 Å². The van der Waals surface area contributed by atoms with Crippen molar-refractivity contribution in [2.45, 2.75) is 39.3 Å². The minimum absolute atomic E-state index is 0.117. The van der Waals surface area contributed by atoms with E-state index in [0.29, 0.717) is 39.1 Å². The van der Waals surface area contributed by atoms with Crippen molar-refractivity contribution in [3.8, 4) is 0 Å². The Labute approximate surface area is 158 Å². The van der Waals surface area contributed by atoms with Crippen molar-refractivity contribution in [2.24, 2.45) is 5.92 Å². The quantitative estimate of drug-likeness (QED) is 0.695. The van der Waals surface area contributed by atoms with Crippen molar-refractivity contribution >= 4 is 10.2 Å². The average Bonchev–Trinajstić information content (AvgIpc) is 2.60. The molecule has 148 valence electrons. The predicted octanol–water partition coefficient (Wildman–Crippen LogP) is 1.78. The monoisotopic (exact) mass is 383 g/mol. The molecule has 6 nitrogen and oxygen atoms in total. The van der Waals surface area contributed by atoms with E-state index in [2.05, 4.69) is 4.90 Å². The van der Waals surface area contributed by atoms with Gasteiger partial charge in [0.15, 0.2) is 0 Å². The number of aliphatic hydroxyl groups is 1. The fourth-order valence-electron chi connectivity index (χ4n) is 3.28. The minimum atomic E-state index is -3.74. The molecule has 1 aromatic carbocycles. The van der Waals surface area contributed by atoms with E-state index in [1.165, 1.54) is 8.61 Å². The third-order valence-electron chi connectivity index (χ3n) is 4.96. The summed E-state index contributed by atoms with van der Waals surface area (Å²) < 4.78 is 29.6. The summed E-state index contributed by atoms with van der Waals surface area (Å²) in [4.78, 5) is 2.12. The molecule has 1 atom stereocenters. The normalized spacial score (nSPS) is 19.8. The summed E-state index contributed by atoms with van der Waals surface area (Å²) in [5.41, 5.74) is -0.507. The molecule has 1 aliphatic rings. The van der Waals surface area contributed by atoms with Crippen molar-refractivity contribution < 1.29 is 13.5 Å². The molecule has 2 rings (SSSR count). The largest absolute Gasteiger partial charge is 0.374 e. The molecule has 0 spiro atoms. The lowest BCUT2D eigenvalue weighted by Crippen LogP contribution is -2.60. The summed E-state index contributed by atoms with van der Waals surface area (Å²) >= 11 is 0. The van der Waals surface area contributed by atoms with Crippen LogP contribution in [-0.2, 0) is 16.6 Å². The van der Waals surface area contributed by atoms with E-state index in [0.717, 1.165) is 5.56 Å². The highest BCUT2D eigenvalue weighted by Gasteiger charge is 2.44. The lowest BCUT2D eigenvalue weighted by molar-refractivity contribution is -0.0706. The van der Waals surface area contributed by atoms with Gasteiger partial charge in [-0.25, -0.2) is 0 Å². The number of benzene rings is 1. The Hall–Kier alpha value is -0.990. The zero-order valence-electron chi connectivity index (χ0n) is 16.4. The van der Waals surface area contributed by atoms with Gasteiger partial charge in [-0.1, -0.05) is 51.1 Å². The van der Waals surface area contributed by atoms with Crippen molar-refractivity contribution in [3.63, 3.8) is 0 Å². The molecule has 1 N–H and O–H groups in total. The SMILES string of the molecule is CCC(O)(Cc1ccccc1)N(CC(C)C)S(=O)(=O)N1CCN(C)CC1. The van der Waals surface area contributed by atoms with Gasteiger partial charge in [-0.2, -0.15) is 17.0 Å². The Morgan fingerprint density at radius 1 is 1.15 bits per heavy atom. The Morgan fingerprint density at radius 3 is 2.23 bits per heavy atom. The van der Waals surface area contributed by atoms with Crippen LogP contribution < -0.4 is 0 Å². The Balaban J connectivity index is 2.34. The zero-order chi connectivity index (χ0) is 19.4. The summed E-state index contributed by atoms with van der Waals surface area (Å²) in [6.45, 7) is 8.42. The van der Waals surface area contributed by atoms with Gasteiger partial charge in [0.05, 0.1) is 0 Å². The fourth-order valence-corrected chi connectivity index (χ4v) is 5.29. The molecule has 0 amide bonds. The van der Waals surface area contributed by atoms with E-state index in [-0.39, 0.29) is 12.3 Å². The molecule has 1 saturated heterocycles. The molecule has 1 unspecified atom stereocenters. The second-order valence-electron chi connectivity index (χ2n) is 7.63. The minimum Gasteiger partial charge on any atom is -0.374 e. The topological polar surface area (TPSA) is 64.1 Å². The number of hydrogen-bond donors (Lipinski definition) is 1. The van der Waals surface area contributed by atoms with Gasteiger partial charge in [0, 0.05) is 39.1 Å². The molecule has 0 aromatic heterocycles. The van der Waals surface area contributed by atoms with Gasteiger partial charge in [0.25, 0.3) is 10.2 Å². The van der Waals surface area contributed by atoms with Crippen LogP contribution >= 0.6 is 0 Å². The van der Waals surface area contributed by atoms with Gasteiger partial charge in [0.1, 0.15) is 5.72 Å².